The summed E-state index contributed by atoms with van der Waals surface area (Å²) in [6.45, 7) is 6.36. The summed E-state index contributed by atoms with van der Waals surface area (Å²) in [5, 5.41) is 0. The van der Waals surface area contributed by atoms with Crippen LogP contribution in [-0.4, -0.2) is 30.3 Å². The van der Waals surface area contributed by atoms with Crippen molar-refractivity contribution >= 4 is 12.6 Å². The molecule has 0 aromatic rings. The van der Waals surface area contributed by atoms with Crippen molar-refractivity contribution in [3.05, 3.63) is 0 Å². The molecular formula is C13H25NS. The van der Waals surface area contributed by atoms with E-state index in [-0.39, 0.29) is 0 Å². The van der Waals surface area contributed by atoms with Gasteiger partial charge in [0.05, 0.1) is 0 Å². The highest BCUT2D eigenvalue weighted by Crippen LogP contribution is 2.43. The lowest BCUT2D eigenvalue weighted by Gasteiger charge is -2.46. The van der Waals surface area contributed by atoms with E-state index in [4.69, 9.17) is 0 Å². The summed E-state index contributed by atoms with van der Waals surface area (Å²) < 4.78 is 0. The fourth-order valence-electron chi connectivity index (χ4n) is 3.15. The zero-order valence-electron chi connectivity index (χ0n) is 10.0. The highest BCUT2D eigenvalue weighted by atomic mass is 32.1. The molecule has 88 valence electrons. The summed E-state index contributed by atoms with van der Waals surface area (Å²) in [6.07, 6.45) is 8.52. The molecule has 1 nitrogen and oxygen atoms in total. The van der Waals surface area contributed by atoms with Crippen molar-refractivity contribution in [1.82, 2.24) is 4.90 Å². The molecule has 1 saturated heterocycles. The second-order valence-corrected chi connectivity index (χ2v) is 5.98. The van der Waals surface area contributed by atoms with Crippen molar-refractivity contribution in [3.63, 3.8) is 0 Å². The molecular weight excluding hydrogens is 202 g/mol. The van der Waals surface area contributed by atoms with Gasteiger partial charge in [0, 0.05) is 13.1 Å². The van der Waals surface area contributed by atoms with Crippen LogP contribution in [0.4, 0.5) is 0 Å². The number of likely N-dealkylation sites (tertiary alicyclic amines) is 1. The van der Waals surface area contributed by atoms with Gasteiger partial charge in [-0.15, -0.1) is 0 Å². The molecule has 0 bridgehead atoms. The van der Waals surface area contributed by atoms with Gasteiger partial charge in [-0.3, -0.25) is 0 Å². The van der Waals surface area contributed by atoms with Gasteiger partial charge in [-0.05, 0) is 49.3 Å². The molecule has 0 radical (unpaired) electrons. The van der Waals surface area contributed by atoms with Crippen LogP contribution in [-0.2, 0) is 0 Å². The van der Waals surface area contributed by atoms with Crippen molar-refractivity contribution < 1.29 is 0 Å². The molecule has 1 heterocycles. The quantitative estimate of drug-likeness (QED) is 0.722. The average Bonchev–Trinajstić information content (AvgIpc) is 2.24. The Kier molecular flexibility index (Phi) is 4.00. The Morgan fingerprint density at radius 3 is 2.67 bits per heavy atom. The van der Waals surface area contributed by atoms with E-state index in [1.165, 1.54) is 58.2 Å². The zero-order valence-corrected chi connectivity index (χ0v) is 10.9. The lowest BCUT2D eigenvalue weighted by molar-refractivity contribution is 0.0624. The van der Waals surface area contributed by atoms with Gasteiger partial charge in [0.2, 0.25) is 0 Å². The number of nitrogens with zero attached hydrogens (tertiary/aromatic N) is 1. The minimum Gasteiger partial charge on any atom is -0.302 e. The molecule has 2 heteroatoms. The normalized spacial score (nSPS) is 31.2. The molecule has 0 amide bonds. The highest BCUT2D eigenvalue weighted by Gasteiger charge is 2.37. The Balaban J connectivity index is 1.82. The van der Waals surface area contributed by atoms with Crippen LogP contribution >= 0.6 is 12.6 Å². The monoisotopic (exact) mass is 227 g/mol. The first-order valence-corrected chi connectivity index (χ1v) is 7.24. The van der Waals surface area contributed by atoms with Crippen LogP contribution in [0.25, 0.3) is 0 Å². The van der Waals surface area contributed by atoms with E-state index in [2.05, 4.69) is 24.5 Å². The first-order chi connectivity index (χ1) is 7.28. The van der Waals surface area contributed by atoms with E-state index in [1.807, 2.05) is 0 Å². The largest absolute Gasteiger partial charge is 0.302 e. The lowest BCUT2D eigenvalue weighted by Crippen LogP contribution is -2.47. The van der Waals surface area contributed by atoms with E-state index in [1.54, 1.807) is 0 Å². The molecule has 1 aliphatic heterocycles. The van der Waals surface area contributed by atoms with Crippen LogP contribution in [0.5, 0.6) is 0 Å². The van der Waals surface area contributed by atoms with Crippen molar-refractivity contribution in [2.75, 3.05) is 25.4 Å². The third kappa shape index (κ3) is 2.71. The Bertz CT molecular complexity index is 195. The molecule has 0 aromatic heterocycles. The summed E-state index contributed by atoms with van der Waals surface area (Å²) in [4.78, 5) is 2.72. The number of thiol groups is 1. The Morgan fingerprint density at radius 2 is 2.13 bits per heavy atom. The zero-order chi connectivity index (χ0) is 10.7. The maximum Gasteiger partial charge on any atom is 0.00459 e. The van der Waals surface area contributed by atoms with Crippen molar-refractivity contribution in [3.8, 4) is 0 Å². The molecule has 0 spiro atoms. The van der Waals surface area contributed by atoms with Crippen molar-refractivity contribution in [1.29, 1.82) is 0 Å². The second kappa shape index (κ2) is 5.09. The molecule has 2 aliphatic rings. The second-order valence-electron chi connectivity index (χ2n) is 5.66. The third-order valence-corrected chi connectivity index (χ3v) is 5.16. The van der Waals surface area contributed by atoms with Gasteiger partial charge < -0.3 is 4.90 Å². The molecule has 1 atom stereocenters. The number of rotatable bonds is 4. The number of hydrogen-bond donors (Lipinski definition) is 1. The predicted molar refractivity (Wildman–Crippen MR) is 69.6 cm³/mol. The Morgan fingerprint density at radius 1 is 1.33 bits per heavy atom. The van der Waals surface area contributed by atoms with Gasteiger partial charge in [0.15, 0.2) is 0 Å². The Hall–Kier alpha value is 0.310. The maximum absolute atomic E-state index is 4.55. The van der Waals surface area contributed by atoms with Crippen LogP contribution in [0.3, 0.4) is 0 Å². The van der Waals surface area contributed by atoms with Crippen LogP contribution in [0.15, 0.2) is 0 Å². The molecule has 1 aliphatic carbocycles. The maximum atomic E-state index is 4.55. The molecule has 0 N–H and O–H groups in total. The topological polar surface area (TPSA) is 3.24 Å². The van der Waals surface area contributed by atoms with Gasteiger partial charge in [-0.1, -0.05) is 19.8 Å². The van der Waals surface area contributed by atoms with E-state index in [0.29, 0.717) is 5.41 Å². The lowest BCUT2D eigenvalue weighted by atomic mass is 9.69. The highest BCUT2D eigenvalue weighted by molar-refractivity contribution is 7.80. The fourth-order valence-corrected chi connectivity index (χ4v) is 3.56. The van der Waals surface area contributed by atoms with Gasteiger partial charge in [0.1, 0.15) is 0 Å². The van der Waals surface area contributed by atoms with Gasteiger partial charge in [-0.2, -0.15) is 12.6 Å². The first kappa shape index (κ1) is 11.8. The summed E-state index contributed by atoms with van der Waals surface area (Å²) in [5.74, 6) is 2.07. The summed E-state index contributed by atoms with van der Waals surface area (Å²) in [7, 11) is 0. The number of piperidine rings is 1. The Labute approximate surface area is 100 Å². The summed E-state index contributed by atoms with van der Waals surface area (Å²) in [5.41, 5.74) is 0.596. The van der Waals surface area contributed by atoms with E-state index in [0.717, 1.165) is 11.7 Å². The third-order valence-electron chi connectivity index (χ3n) is 4.49. The molecule has 15 heavy (non-hydrogen) atoms. The SMILES string of the molecule is CCC1CCCN(CC2(CS)CCC2)C1. The van der Waals surface area contributed by atoms with Gasteiger partial charge >= 0.3 is 0 Å². The fraction of sp³-hybridized carbons (Fsp3) is 1.00. The average molecular weight is 227 g/mol. The molecule has 2 rings (SSSR count). The standard InChI is InChI=1S/C13H25NS/c1-2-12-5-3-8-14(9-12)10-13(11-15)6-4-7-13/h12,15H,2-11H2,1H3. The summed E-state index contributed by atoms with van der Waals surface area (Å²) in [6, 6.07) is 0. The van der Waals surface area contributed by atoms with E-state index in [9.17, 15) is 0 Å². The van der Waals surface area contributed by atoms with Crippen LogP contribution in [0, 0.1) is 11.3 Å². The first-order valence-electron chi connectivity index (χ1n) is 6.61. The molecule has 1 saturated carbocycles. The predicted octanol–water partition coefficient (Wildman–Crippen LogP) is 3.21. The molecule has 0 aromatic carbocycles. The molecule has 1 unspecified atom stereocenters. The van der Waals surface area contributed by atoms with Crippen LogP contribution < -0.4 is 0 Å². The smallest absolute Gasteiger partial charge is 0.00459 e. The molecule has 2 fully saturated rings. The van der Waals surface area contributed by atoms with Crippen LogP contribution in [0.2, 0.25) is 0 Å². The minimum atomic E-state index is 0.596. The van der Waals surface area contributed by atoms with Gasteiger partial charge in [-0.25, -0.2) is 0 Å². The number of hydrogen-bond acceptors (Lipinski definition) is 2. The minimum absolute atomic E-state index is 0.596. The van der Waals surface area contributed by atoms with Gasteiger partial charge in [0.25, 0.3) is 0 Å². The van der Waals surface area contributed by atoms with Crippen molar-refractivity contribution in [2.24, 2.45) is 11.3 Å². The van der Waals surface area contributed by atoms with E-state index < -0.39 is 0 Å². The summed E-state index contributed by atoms with van der Waals surface area (Å²) >= 11 is 4.55. The van der Waals surface area contributed by atoms with Crippen molar-refractivity contribution in [2.45, 2.75) is 45.4 Å². The van der Waals surface area contributed by atoms with Crippen LogP contribution in [0.1, 0.15) is 45.4 Å². The van der Waals surface area contributed by atoms with E-state index >= 15 is 0 Å².